The summed E-state index contributed by atoms with van der Waals surface area (Å²) in [6.45, 7) is -0.472. The maximum atomic E-state index is 12.7. The van der Waals surface area contributed by atoms with Crippen molar-refractivity contribution in [2.24, 2.45) is 0 Å². The number of nitro groups is 1. The minimum atomic E-state index is -0.734. The second-order valence-corrected chi connectivity index (χ2v) is 6.47. The van der Waals surface area contributed by atoms with Gasteiger partial charge in [0.25, 0.3) is 11.2 Å². The molecular weight excluding hydrogens is 424 g/mol. The van der Waals surface area contributed by atoms with Crippen molar-refractivity contribution in [1.82, 2.24) is 9.55 Å². The lowest BCUT2D eigenvalue weighted by molar-refractivity contribution is -0.384. The molecule has 0 spiro atoms. The lowest BCUT2D eigenvalue weighted by Gasteiger charge is -2.11. The molecule has 0 atom stereocenters. The van der Waals surface area contributed by atoms with Crippen LogP contribution in [0, 0.1) is 10.1 Å². The first-order valence-corrected chi connectivity index (χ1v) is 8.98. The molecule has 32 heavy (non-hydrogen) atoms. The van der Waals surface area contributed by atoms with Gasteiger partial charge in [-0.1, -0.05) is 0 Å². The number of amides is 1. The maximum Gasteiger partial charge on any atom is 0.337 e. The van der Waals surface area contributed by atoms with Gasteiger partial charge in [0, 0.05) is 17.8 Å². The van der Waals surface area contributed by atoms with E-state index in [1.807, 2.05) is 0 Å². The number of nitrogens with zero attached hydrogens (tertiary/aromatic N) is 3. The molecule has 1 amide bonds. The number of rotatable bonds is 6. The highest BCUT2D eigenvalue weighted by Crippen LogP contribution is 2.18. The fraction of sp³-hybridized carbons (Fsp3) is 0.150. The van der Waals surface area contributed by atoms with E-state index < -0.39 is 34.9 Å². The van der Waals surface area contributed by atoms with Crippen LogP contribution in [-0.4, -0.2) is 46.5 Å². The zero-order valence-corrected chi connectivity index (χ0v) is 16.9. The molecule has 12 heteroatoms. The molecule has 0 aliphatic rings. The average molecular weight is 440 g/mol. The average Bonchev–Trinajstić information content (AvgIpc) is 2.79. The number of fused-ring (bicyclic) bond motifs is 1. The van der Waals surface area contributed by atoms with Gasteiger partial charge < -0.3 is 14.8 Å². The minimum absolute atomic E-state index is 0.00236. The van der Waals surface area contributed by atoms with Crippen molar-refractivity contribution in [3.8, 4) is 0 Å². The summed E-state index contributed by atoms with van der Waals surface area (Å²) in [5, 5.41) is 13.4. The molecule has 1 heterocycles. The maximum absolute atomic E-state index is 12.7. The first-order chi connectivity index (χ1) is 15.2. The monoisotopic (exact) mass is 440 g/mol. The Hall–Kier alpha value is -4.61. The lowest BCUT2D eigenvalue weighted by Crippen LogP contribution is -2.28. The van der Waals surface area contributed by atoms with Crippen LogP contribution in [0.15, 0.2) is 47.5 Å². The Balaban J connectivity index is 1.90. The van der Waals surface area contributed by atoms with Crippen molar-refractivity contribution in [2.45, 2.75) is 6.54 Å². The Morgan fingerprint density at radius 2 is 1.69 bits per heavy atom. The highest BCUT2D eigenvalue weighted by molar-refractivity contribution is 5.99. The van der Waals surface area contributed by atoms with Crippen LogP contribution in [-0.2, 0) is 20.8 Å². The highest BCUT2D eigenvalue weighted by Gasteiger charge is 2.16. The van der Waals surface area contributed by atoms with Crippen molar-refractivity contribution in [2.75, 3.05) is 19.5 Å². The Bertz CT molecular complexity index is 1280. The summed E-state index contributed by atoms with van der Waals surface area (Å²) >= 11 is 0. The zero-order chi connectivity index (χ0) is 23.4. The van der Waals surface area contributed by atoms with E-state index >= 15 is 0 Å². The molecule has 0 unspecified atom stereocenters. The molecule has 0 radical (unpaired) electrons. The lowest BCUT2D eigenvalue weighted by atomic mass is 10.1. The summed E-state index contributed by atoms with van der Waals surface area (Å²) < 4.78 is 10.3. The molecule has 0 fully saturated rings. The van der Waals surface area contributed by atoms with Crippen LogP contribution in [0.5, 0.6) is 0 Å². The van der Waals surface area contributed by atoms with Gasteiger partial charge >= 0.3 is 11.9 Å². The van der Waals surface area contributed by atoms with Gasteiger partial charge in [0.05, 0.1) is 47.5 Å². The van der Waals surface area contributed by atoms with Crippen LogP contribution in [0.4, 0.5) is 11.4 Å². The summed E-state index contributed by atoms with van der Waals surface area (Å²) in [7, 11) is 2.32. The fourth-order valence-corrected chi connectivity index (χ4v) is 2.90. The standard InChI is InChI=1S/C20H16N4O8/c1-31-19(27)11-5-12(20(28)32-2)7-13(6-11)22-17(25)9-23-10-21-16-4-3-14(24(29)30)8-15(16)18(23)26/h3-8,10H,9H2,1-2H3,(H,22,25). The van der Waals surface area contributed by atoms with E-state index in [2.05, 4.69) is 19.8 Å². The highest BCUT2D eigenvalue weighted by atomic mass is 16.6. The molecule has 0 saturated heterocycles. The number of benzene rings is 2. The zero-order valence-electron chi connectivity index (χ0n) is 16.9. The van der Waals surface area contributed by atoms with Gasteiger partial charge in [-0.3, -0.25) is 24.3 Å². The molecule has 164 valence electrons. The second kappa shape index (κ2) is 9.04. The summed E-state index contributed by atoms with van der Waals surface area (Å²) in [5.74, 6) is -2.14. The smallest absolute Gasteiger partial charge is 0.337 e. The second-order valence-electron chi connectivity index (χ2n) is 6.47. The third-order valence-corrected chi connectivity index (χ3v) is 4.39. The molecule has 0 bridgehead atoms. The molecule has 2 aromatic carbocycles. The van der Waals surface area contributed by atoms with E-state index in [1.54, 1.807) is 0 Å². The van der Waals surface area contributed by atoms with Gasteiger partial charge in [0.1, 0.15) is 6.54 Å². The van der Waals surface area contributed by atoms with Crippen LogP contribution in [0.3, 0.4) is 0 Å². The Morgan fingerprint density at radius 1 is 1.06 bits per heavy atom. The van der Waals surface area contributed by atoms with E-state index in [0.29, 0.717) is 0 Å². The van der Waals surface area contributed by atoms with Crippen LogP contribution in [0.2, 0.25) is 0 Å². The number of nitro benzene ring substituents is 1. The summed E-state index contributed by atoms with van der Waals surface area (Å²) in [5.41, 5.74) is -0.590. The number of aromatic nitrogens is 2. The number of hydrogen-bond donors (Lipinski definition) is 1. The quantitative estimate of drug-likeness (QED) is 0.340. The summed E-state index contributed by atoms with van der Waals surface area (Å²) in [6.07, 6.45) is 1.14. The van der Waals surface area contributed by atoms with E-state index in [-0.39, 0.29) is 33.4 Å². The number of esters is 2. The van der Waals surface area contributed by atoms with E-state index in [4.69, 9.17) is 0 Å². The largest absolute Gasteiger partial charge is 0.465 e. The SMILES string of the molecule is COC(=O)c1cc(NC(=O)Cn2cnc3ccc([N+](=O)[O-])cc3c2=O)cc(C(=O)OC)c1. The molecule has 0 aliphatic carbocycles. The van der Waals surface area contributed by atoms with Gasteiger partial charge in [0.15, 0.2) is 0 Å². The predicted octanol–water partition coefficient (Wildman–Crippen LogP) is 1.52. The third-order valence-electron chi connectivity index (χ3n) is 4.39. The van der Waals surface area contributed by atoms with Crippen molar-refractivity contribution in [1.29, 1.82) is 0 Å². The Morgan fingerprint density at radius 3 is 2.25 bits per heavy atom. The predicted molar refractivity (Wildman–Crippen MR) is 110 cm³/mol. The molecule has 1 N–H and O–H groups in total. The number of methoxy groups -OCH3 is 2. The molecule has 1 aromatic heterocycles. The molecular formula is C20H16N4O8. The van der Waals surface area contributed by atoms with Crippen molar-refractivity contribution >= 4 is 40.1 Å². The number of carbonyl (C=O) groups is 3. The Labute approximate surface area is 179 Å². The van der Waals surface area contributed by atoms with Crippen molar-refractivity contribution in [3.05, 3.63) is 74.3 Å². The topological polar surface area (TPSA) is 160 Å². The third kappa shape index (κ3) is 4.59. The first-order valence-electron chi connectivity index (χ1n) is 8.98. The van der Waals surface area contributed by atoms with Gasteiger partial charge in [0.2, 0.25) is 5.91 Å². The normalized spacial score (nSPS) is 10.4. The van der Waals surface area contributed by atoms with Crippen molar-refractivity contribution in [3.63, 3.8) is 0 Å². The number of hydrogen-bond acceptors (Lipinski definition) is 9. The van der Waals surface area contributed by atoms with Gasteiger partial charge in [-0.2, -0.15) is 0 Å². The van der Waals surface area contributed by atoms with E-state index in [1.165, 1.54) is 30.3 Å². The minimum Gasteiger partial charge on any atom is -0.465 e. The molecule has 12 nitrogen and oxygen atoms in total. The van der Waals surface area contributed by atoms with Gasteiger partial charge in [-0.25, -0.2) is 14.6 Å². The summed E-state index contributed by atoms with van der Waals surface area (Å²) in [4.78, 5) is 63.2. The number of ether oxygens (including phenoxy) is 2. The van der Waals surface area contributed by atoms with Crippen LogP contribution >= 0.6 is 0 Å². The van der Waals surface area contributed by atoms with Crippen molar-refractivity contribution < 1.29 is 28.8 Å². The van der Waals surface area contributed by atoms with Gasteiger partial charge in [-0.05, 0) is 24.3 Å². The number of anilines is 1. The van der Waals surface area contributed by atoms with Crippen LogP contribution in [0.1, 0.15) is 20.7 Å². The summed E-state index contributed by atoms with van der Waals surface area (Å²) in [6, 6.07) is 7.48. The number of nitrogens with one attached hydrogen (secondary N) is 1. The van der Waals surface area contributed by atoms with Crippen LogP contribution < -0.4 is 10.9 Å². The molecule has 3 aromatic rings. The van der Waals surface area contributed by atoms with Gasteiger partial charge in [-0.15, -0.1) is 0 Å². The number of non-ortho nitro benzene ring substituents is 1. The fourth-order valence-electron chi connectivity index (χ4n) is 2.90. The van der Waals surface area contributed by atoms with E-state index in [9.17, 15) is 29.3 Å². The Kier molecular flexibility index (Phi) is 6.24. The molecule has 3 rings (SSSR count). The first kappa shape index (κ1) is 22.1. The molecule has 0 saturated carbocycles. The van der Waals surface area contributed by atoms with Crippen LogP contribution in [0.25, 0.3) is 10.9 Å². The molecule has 0 aliphatic heterocycles. The number of carbonyl (C=O) groups excluding carboxylic acids is 3. The van der Waals surface area contributed by atoms with E-state index in [0.717, 1.165) is 31.2 Å².